The number of rotatable bonds is 9. The minimum Gasteiger partial charge on any atom is -0.494 e. The summed E-state index contributed by atoms with van der Waals surface area (Å²) in [5, 5.41) is 7.90. The number of thiophene rings is 1. The fraction of sp³-hybridized carbons (Fsp3) is 0.440. The minimum absolute atomic E-state index is 0.00653. The SMILES string of the molecule is COc1cc(CNC(=O)c2nc3scc(COC[C@H]4CC[C@H](NC(C)=O)CC4)c3c(=O)[nH]2)ccc1F. The highest BCUT2D eigenvalue weighted by Gasteiger charge is 2.22. The molecule has 1 aromatic carbocycles. The molecular formula is C25H29FN4O5S. The van der Waals surface area contributed by atoms with Crippen molar-refractivity contribution in [1.82, 2.24) is 20.6 Å². The average Bonchev–Trinajstić information content (AvgIpc) is 3.27. The van der Waals surface area contributed by atoms with Gasteiger partial charge >= 0.3 is 0 Å². The van der Waals surface area contributed by atoms with Gasteiger partial charge in [0.2, 0.25) is 11.7 Å². The van der Waals surface area contributed by atoms with Gasteiger partial charge < -0.3 is 25.1 Å². The Morgan fingerprint density at radius 1 is 1.25 bits per heavy atom. The molecule has 0 radical (unpaired) electrons. The number of nitrogens with one attached hydrogen (secondary N) is 3. The van der Waals surface area contributed by atoms with Crippen molar-refractivity contribution >= 4 is 33.4 Å². The van der Waals surface area contributed by atoms with E-state index in [-0.39, 0.29) is 36.7 Å². The van der Waals surface area contributed by atoms with Crippen LogP contribution in [0.1, 0.15) is 54.4 Å². The fourth-order valence-corrected chi connectivity index (χ4v) is 5.32. The summed E-state index contributed by atoms with van der Waals surface area (Å²) >= 11 is 1.28. The van der Waals surface area contributed by atoms with E-state index < -0.39 is 17.3 Å². The van der Waals surface area contributed by atoms with E-state index in [1.807, 2.05) is 5.38 Å². The van der Waals surface area contributed by atoms with Gasteiger partial charge in [0.1, 0.15) is 4.83 Å². The Kier molecular flexibility index (Phi) is 8.32. The van der Waals surface area contributed by atoms with E-state index in [1.54, 1.807) is 0 Å². The van der Waals surface area contributed by atoms with Crippen molar-refractivity contribution in [1.29, 1.82) is 0 Å². The van der Waals surface area contributed by atoms with Crippen LogP contribution in [0.4, 0.5) is 4.39 Å². The largest absolute Gasteiger partial charge is 0.494 e. The van der Waals surface area contributed by atoms with Gasteiger partial charge in [-0.05, 0) is 54.7 Å². The second-order valence-corrected chi connectivity index (χ2v) is 9.80. The summed E-state index contributed by atoms with van der Waals surface area (Å²) in [6.45, 7) is 2.53. The fourth-order valence-electron chi connectivity index (χ4n) is 4.40. The number of hydrogen-bond donors (Lipinski definition) is 3. The number of ether oxygens (including phenoxy) is 2. The van der Waals surface area contributed by atoms with Crippen molar-refractivity contribution in [3.05, 3.63) is 56.7 Å². The van der Waals surface area contributed by atoms with Gasteiger partial charge in [-0.15, -0.1) is 11.3 Å². The quantitative estimate of drug-likeness (QED) is 0.401. The molecule has 0 atom stereocenters. The highest BCUT2D eigenvalue weighted by molar-refractivity contribution is 7.16. The predicted molar refractivity (Wildman–Crippen MR) is 134 cm³/mol. The maximum atomic E-state index is 13.6. The van der Waals surface area contributed by atoms with E-state index in [4.69, 9.17) is 9.47 Å². The number of H-pyrrole nitrogens is 1. The van der Waals surface area contributed by atoms with Crippen LogP contribution >= 0.6 is 11.3 Å². The van der Waals surface area contributed by atoms with Crippen LogP contribution in [0.2, 0.25) is 0 Å². The molecule has 0 spiro atoms. The lowest BCUT2D eigenvalue weighted by molar-refractivity contribution is -0.119. The number of halogens is 1. The molecule has 0 saturated heterocycles. The van der Waals surface area contributed by atoms with Crippen LogP contribution in [0.15, 0.2) is 28.4 Å². The lowest BCUT2D eigenvalue weighted by Crippen LogP contribution is -2.36. The Labute approximate surface area is 211 Å². The number of nitrogens with zero attached hydrogens (tertiary/aromatic N) is 1. The Hall–Kier alpha value is -3.31. The Bertz CT molecular complexity index is 1300. The van der Waals surface area contributed by atoms with Crippen LogP contribution in [-0.2, 0) is 22.7 Å². The zero-order valence-electron chi connectivity index (χ0n) is 20.2. The number of methoxy groups -OCH3 is 1. The standard InChI is InChI=1S/C25H29FN4O5S/c1-14(31)28-18-6-3-15(4-7-18)11-35-12-17-13-36-25-21(17)23(32)29-22(30-25)24(33)27-10-16-5-8-19(26)20(9-16)34-2/h5,8-9,13,15,18H,3-4,6-7,10-12H2,1-2H3,(H,27,33)(H,28,31)(H,29,30,32)/t15-,18-. The number of aromatic nitrogens is 2. The highest BCUT2D eigenvalue weighted by Crippen LogP contribution is 2.26. The molecule has 1 aliphatic rings. The smallest absolute Gasteiger partial charge is 0.287 e. The third-order valence-corrected chi connectivity index (χ3v) is 7.19. The van der Waals surface area contributed by atoms with E-state index in [0.717, 1.165) is 31.2 Å². The highest BCUT2D eigenvalue weighted by atomic mass is 32.1. The lowest BCUT2D eigenvalue weighted by Gasteiger charge is -2.28. The van der Waals surface area contributed by atoms with E-state index >= 15 is 0 Å². The van der Waals surface area contributed by atoms with Crippen molar-refractivity contribution in [3.8, 4) is 5.75 Å². The third kappa shape index (κ3) is 6.27. The number of hydrogen-bond acceptors (Lipinski definition) is 7. The number of aromatic amines is 1. The average molecular weight is 517 g/mol. The van der Waals surface area contributed by atoms with Crippen molar-refractivity contribution in [3.63, 3.8) is 0 Å². The van der Waals surface area contributed by atoms with Crippen LogP contribution in [0, 0.1) is 11.7 Å². The topological polar surface area (TPSA) is 122 Å². The molecule has 3 aromatic rings. The monoisotopic (exact) mass is 516 g/mol. The van der Waals surface area contributed by atoms with Crippen molar-refractivity contribution in [2.45, 2.75) is 51.8 Å². The van der Waals surface area contributed by atoms with Gasteiger partial charge in [0.25, 0.3) is 11.5 Å². The summed E-state index contributed by atoms with van der Waals surface area (Å²) in [5.41, 5.74) is 0.981. The van der Waals surface area contributed by atoms with E-state index in [9.17, 15) is 18.8 Å². The van der Waals surface area contributed by atoms with Gasteiger partial charge in [-0.2, -0.15) is 0 Å². The molecule has 0 aliphatic heterocycles. The van der Waals surface area contributed by atoms with Crippen LogP contribution in [0.25, 0.3) is 10.2 Å². The van der Waals surface area contributed by atoms with E-state index in [2.05, 4.69) is 20.6 Å². The molecule has 36 heavy (non-hydrogen) atoms. The molecule has 1 fully saturated rings. The van der Waals surface area contributed by atoms with E-state index in [1.165, 1.54) is 43.6 Å². The van der Waals surface area contributed by atoms with Crippen molar-refractivity contribution < 1.29 is 23.5 Å². The predicted octanol–water partition coefficient (Wildman–Crippen LogP) is 3.27. The molecule has 2 aromatic heterocycles. The van der Waals surface area contributed by atoms with Crippen LogP contribution in [0.3, 0.4) is 0 Å². The number of carbonyl (C=O) groups excluding carboxylic acids is 2. The number of benzene rings is 1. The Morgan fingerprint density at radius 3 is 2.75 bits per heavy atom. The maximum Gasteiger partial charge on any atom is 0.287 e. The molecule has 2 heterocycles. The van der Waals surface area contributed by atoms with Crippen LogP contribution < -0.4 is 20.9 Å². The van der Waals surface area contributed by atoms with Gasteiger partial charge in [0.15, 0.2) is 11.6 Å². The first kappa shape index (κ1) is 25.8. The molecule has 2 amide bonds. The van der Waals surface area contributed by atoms with Crippen LogP contribution in [-0.4, -0.2) is 41.5 Å². The van der Waals surface area contributed by atoms with Crippen molar-refractivity contribution in [2.24, 2.45) is 5.92 Å². The van der Waals surface area contributed by atoms with Gasteiger partial charge in [-0.3, -0.25) is 14.4 Å². The molecule has 9 nitrogen and oxygen atoms in total. The summed E-state index contributed by atoms with van der Waals surface area (Å²) in [5.74, 6) is -0.610. The molecule has 3 N–H and O–H groups in total. The summed E-state index contributed by atoms with van der Waals surface area (Å²) < 4.78 is 24.4. The summed E-state index contributed by atoms with van der Waals surface area (Å²) in [6, 6.07) is 4.54. The molecular weight excluding hydrogens is 487 g/mol. The second-order valence-electron chi connectivity index (χ2n) is 8.94. The van der Waals surface area contributed by atoms with Gasteiger partial charge in [0, 0.05) is 31.7 Å². The Morgan fingerprint density at radius 2 is 2.03 bits per heavy atom. The minimum atomic E-state index is -0.543. The van der Waals surface area contributed by atoms with Crippen LogP contribution in [0.5, 0.6) is 5.75 Å². The lowest BCUT2D eigenvalue weighted by atomic mass is 9.86. The first-order chi connectivity index (χ1) is 17.3. The number of carbonyl (C=O) groups is 2. The van der Waals surface area contributed by atoms with Gasteiger partial charge in [-0.25, -0.2) is 9.37 Å². The number of fused-ring (bicyclic) bond motifs is 1. The van der Waals surface area contributed by atoms with E-state index in [0.29, 0.717) is 28.3 Å². The third-order valence-electron chi connectivity index (χ3n) is 6.27. The molecule has 1 saturated carbocycles. The number of amides is 2. The normalized spacial score (nSPS) is 17.6. The molecule has 0 unspecified atom stereocenters. The first-order valence-electron chi connectivity index (χ1n) is 11.8. The molecule has 1 aliphatic carbocycles. The summed E-state index contributed by atoms with van der Waals surface area (Å²) in [4.78, 5) is 43.9. The maximum absolute atomic E-state index is 13.6. The summed E-state index contributed by atoms with van der Waals surface area (Å²) in [6.07, 6.45) is 3.86. The summed E-state index contributed by atoms with van der Waals surface area (Å²) in [7, 11) is 1.37. The zero-order chi connectivity index (χ0) is 25.7. The molecule has 0 bridgehead atoms. The Balaban J connectivity index is 1.33. The first-order valence-corrected chi connectivity index (χ1v) is 12.7. The van der Waals surface area contributed by atoms with Crippen molar-refractivity contribution in [2.75, 3.05) is 13.7 Å². The molecule has 11 heteroatoms. The van der Waals surface area contributed by atoms with Gasteiger partial charge in [-0.1, -0.05) is 6.07 Å². The molecule has 4 rings (SSSR count). The molecule has 192 valence electrons. The zero-order valence-corrected chi connectivity index (χ0v) is 21.0. The van der Waals surface area contributed by atoms with Gasteiger partial charge in [0.05, 0.1) is 19.1 Å². The second kappa shape index (κ2) is 11.6.